The number of aryl methyl sites for hydroxylation is 1. The first-order valence-electron chi connectivity index (χ1n) is 9.65. The number of rotatable bonds is 5. The van der Waals surface area contributed by atoms with Gasteiger partial charge in [-0.2, -0.15) is 0 Å². The summed E-state index contributed by atoms with van der Waals surface area (Å²) in [5, 5.41) is 6.12. The molecule has 0 saturated heterocycles. The van der Waals surface area contributed by atoms with Gasteiger partial charge in [-0.25, -0.2) is 0 Å². The molecule has 1 heterocycles. The largest absolute Gasteiger partial charge is 0.454 e. The number of carbonyl (C=O) groups excluding carboxylic acids is 2. The van der Waals surface area contributed by atoms with E-state index in [4.69, 9.17) is 21.1 Å². The molecule has 0 radical (unpaired) electrons. The molecule has 8 heteroatoms. The number of halogens is 2. The van der Waals surface area contributed by atoms with E-state index in [9.17, 15) is 9.59 Å². The molecule has 0 aromatic heterocycles. The van der Waals surface area contributed by atoms with E-state index in [0.717, 1.165) is 5.56 Å². The maximum atomic E-state index is 13.1. The van der Waals surface area contributed by atoms with E-state index >= 15 is 0 Å². The van der Waals surface area contributed by atoms with Gasteiger partial charge in [-0.05, 0) is 82.5 Å². The Morgan fingerprint density at radius 1 is 1.03 bits per heavy atom. The first-order valence-corrected chi connectivity index (χ1v) is 10.8. The van der Waals surface area contributed by atoms with Crippen LogP contribution in [0.15, 0.2) is 70.8 Å². The fourth-order valence-corrected chi connectivity index (χ4v) is 3.81. The molecule has 3 aromatic carbocycles. The van der Waals surface area contributed by atoms with Gasteiger partial charge in [-0.15, -0.1) is 0 Å². The molecule has 2 N–H and O–H groups in total. The predicted molar refractivity (Wildman–Crippen MR) is 127 cm³/mol. The first kappa shape index (κ1) is 21.9. The number of amides is 2. The van der Waals surface area contributed by atoms with Gasteiger partial charge in [-0.1, -0.05) is 29.8 Å². The van der Waals surface area contributed by atoms with Crippen molar-refractivity contribution in [2.75, 3.05) is 12.1 Å². The fourth-order valence-electron chi connectivity index (χ4n) is 3.12. The Balaban J connectivity index is 1.66. The Morgan fingerprint density at radius 3 is 2.59 bits per heavy atom. The highest BCUT2D eigenvalue weighted by Crippen LogP contribution is 2.33. The second kappa shape index (κ2) is 9.46. The Kier molecular flexibility index (Phi) is 6.48. The fraction of sp³-hybridized carbons (Fsp3) is 0.0833. The summed E-state index contributed by atoms with van der Waals surface area (Å²) in [5.41, 5.74) is 2.52. The van der Waals surface area contributed by atoms with Gasteiger partial charge in [0, 0.05) is 15.2 Å². The Bertz CT molecular complexity index is 1240. The van der Waals surface area contributed by atoms with Crippen LogP contribution < -0.4 is 20.1 Å². The summed E-state index contributed by atoms with van der Waals surface area (Å²) in [6.07, 6.45) is 1.58. The van der Waals surface area contributed by atoms with E-state index in [1.54, 1.807) is 66.7 Å². The van der Waals surface area contributed by atoms with E-state index in [-0.39, 0.29) is 12.5 Å². The molecule has 0 atom stereocenters. The van der Waals surface area contributed by atoms with Crippen LogP contribution in [0.1, 0.15) is 21.5 Å². The van der Waals surface area contributed by atoms with Gasteiger partial charge < -0.3 is 20.1 Å². The number of carbonyl (C=O) groups is 2. The van der Waals surface area contributed by atoms with Crippen molar-refractivity contribution < 1.29 is 19.1 Å². The van der Waals surface area contributed by atoms with E-state index < -0.39 is 11.8 Å². The van der Waals surface area contributed by atoms with Crippen LogP contribution in [0.25, 0.3) is 6.08 Å². The number of ether oxygens (including phenoxy) is 2. The van der Waals surface area contributed by atoms with Crippen LogP contribution in [0.4, 0.5) is 5.69 Å². The quantitative estimate of drug-likeness (QED) is 0.439. The van der Waals surface area contributed by atoms with Gasteiger partial charge in [0.2, 0.25) is 6.79 Å². The zero-order valence-electron chi connectivity index (χ0n) is 16.9. The van der Waals surface area contributed by atoms with Crippen LogP contribution in [0.2, 0.25) is 5.02 Å². The topological polar surface area (TPSA) is 76.7 Å². The number of anilines is 1. The molecule has 0 saturated carbocycles. The lowest BCUT2D eigenvalue weighted by Gasteiger charge is -2.13. The normalized spacial score (nSPS) is 12.4. The van der Waals surface area contributed by atoms with Gasteiger partial charge in [0.15, 0.2) is 11.5 Å². The Hall–Kier alpha value is -3.29. The lowest BCUT2D eigenvalue weighted by Crippen LogP contribution is -2.31. The number of benzene rings is 3. The SMILES string of the molecule is Cc1cc(Cl)ccc1NC(=O)/C(=C/c1ccc2c(c1)OCO2)NC(=O)c1ccccc1Br. The van der Waals surface area contributed by atoms with Crippen molar-refractivity contribution >= 4 is 51.1 Å². The van der Waals surface area contributed by atoms with Crippen LogP contribution in [0.5, 0.6) is 11.5 Å². The highest BCUT2D eigenvalue weighted by molar-refractivity contribution is 9.10. The third-order valence-electron chi connectivity index (χ3n) is 4.76. The summed E-state index contributed by atoms with van der Waals surface area (Å²) in [4.78, 5) is 26.0. The average Bonchev–Trinajstić information content (AvgIpc) is 3.23. The van der Waals surface area contributed by atoms with E-state index in [1.807, 2.05) is 6.92 Å². The van der Waals surface area contributed by atoms with Crippen LogP contribution in [0.3, 0.4) is 0 Å². The lowest BCUT2D eigenvalue weighted by molar-refractivity contribution is -0.113. The molecular weight excluding hydrogens is 496 g/mol. The maximum Gasteiger partial charge on any atom is 0.272 e. The Labute approximate surface area is 198 Å². The van der Waals surface area contributed by atoms with Crippen molar-refractivity contribution in [3.05, 3.63) is 92.5 Å². The second-order valence-corrected chi connectivity index (χ2v) is 8.31. The molecule has 0 unspecified atom stereocenters. The minimum atomic E-state index is -0.478. The number of nitrogens with one attached hydrogen (secondary N) is 2. The third kappa shape index (κ3) is 4.95. The van der Waals surface area contributed by atoms with Crippen molar-refractivity contribution in [3.63, 3.8) is 0 Å². The van der Waals surface area contributed by atoms with Gasteiger partial charge >= 0.3 is 0 Å². The molecule has 0 bridgehead atoms. The molecule has 4 rings (SSSR count). The molecule has 32 heavy (non-hydrogen) atoms. The molecule has 0 aliphatic carbocycles. The van der Waals surface area contributed by atoms with Crippen molar-refractivity contribution in [1.29, 1.82) is 0 Å². The molecule has 162 valence electrons. The molecule has 3 aromatic rings. The second-order valence-electron chi connectivity index (χ2n) is 7.02. The molecular formula is C24H18BrClN2O4. The zero-order chi connectivity index (χ0) is 22.7. The van der Waals surface area contributed by atoms with Crippen LogP contribution in [-0.2, 0) is 4.79 Å². The highest BCUT2D eigenvalue weighted by atomic mass is 79.9. The molecule has 2 amide bonds. The number of hydrogen-bond acceptors (Lipinski definition) is 4. The zero-order valence-corrected chi connectivity index (χ0v) is 19.3. The standard InChI is InChI=1S/C24H18BrClN2O4/c1-14-10-16(26)7-8-19(14)27-24(30)20(28-23(29)17-4-2-3-5-18(17)25)11-15-6-9-21-22(12-15)32-13-31-21/h2-12H,13H2,1H3,(H,27,30)(H,28,29)/b20-11-. The van der Waals surface area contributed by atoms with E-state index in [1.165, 1.54) is 0 Å². The van der Waals surface area contributed by atoms with Gasteiger partial charge in [0.25, 0.3) is 11.8 Å². The monoisotopic (exact) mass is 512 g/mol. The van der Waals surface area contributed by atoms with E-state index in [2.05, 4.69) is 26.6 Å². The average molecular weight is 514 g/mol. The van der Waals surface area contributed by atoms with Crippen molar-refractivity contribution in [2.24, 2.45) is 0 Å². The van der Waals surface area contributed by atoms with Crippen LogP contribution in [0, 0.1) is 6.92 Å². The molecule has 1 aliphatic heterocycles. The van der Waals surface area contributed by atoms with Crippen LogP contribution >= 0.6 is 27.5 Å². The van der Waals surface area contributed by atoms with Crippen LogP contribution in [-0.4, -0.2) is 18.6 Å². The smallest absolute Gasteiger partial charge is 0.272 e. The summed E-state index contributed by atoms with van der Waals surface area (Å²) in [7, 11) is 0. The summed E-state index contributed by atoms with van der Waals surface area (Å²) < 4.78 is 11.4. The van der Waals surface area contributed by atoms with Gasteiger partial charge in [0.05, 0.1) is 5.56 Å². The van der Waals surface area contributed by atoms with E-state index in [0.29, 0.717) is 37.8 Å². The summed E-state index contributed by atoms with van der Waals surface area (Å²) in [5.74, 6) is 0.298. The first-order chi connectivity index (χ1) is 15.4. The number of hydrogen-bond donors (Lipinski definition) is 2. The summed E-state index contributed by atoms with van der Waals surface area (Å²) in [6, 6.07) is 17.4. The number of fused-ring (bicyclic) bond motifs is 1. The molecule has 0 spiro atoms. The highest BCUT2D eigenvalue weighted by Gasteiger charge is 2.18. The predicted octanol–water partition coefficient (Wildman–Crippen LogP) is 5.55. The minimum absolute atomic E-state index is 0.0685. The van der Waals surface area contributed by atoms with Gasteiger partial charge in [0.1, 0.15) is 5.70 Å². The Morgan fingerprint density at radius 2 is 1.81 bits per heavy atom. The van der Waals surface area contributed by atoms with Crippen molar-refractivity contribution in [1.82, 2.24) is 5.32 Å². The van der Waals surface area contributed by atoms with Crippen molar-refractivity contribution in [3.8, 4) is 11.5 Å². The summed E-state index contributed by atoms with van der Waals surface area (Å²) >= 11 is 9.38. The molecule has 1 aliphatic rings. The summed E-state index contributed by atoms with van der Waals surface area (Å²) in [6.45, 7) is 1.98. The maximum absolute atomic E-state index is 13.1. The van der Waals surface area contributed by atoms with Crippen molar-refractivity contribution in [2.45, 2.75) is 6.92 Å². The minimum Gasteiger partial charge on any atom is -0.454 e. The molecule has 0 fully saturated rings. The lowest BCUT2D eigenvalue weighted by atomic mass is 10.1. The molecule has 6 nitrogen and oxygen atoms in total. The third-order valence-corrected chi connectivity index (χ3v) is 5.68. The van der Waals surface area contributed by atoms with Gasteiger partial charge in [-0.3, -0.25) is 9.59 Å².